The molecule has 11 heteroatoms. The normalized spacial score (nSPS) is 13.2. The van der Waals surface area contributed by atoms with Gasteiger partial charge in [-0.05, 0) is 50.1 Å². The number of esters is 1. The van der Waals surface area contributed by atoms with Crippen LogP contribution >= 0.6 is 22.7 Å². The highest BCUT2D eigenvalue weighted by molar-refractivity contribution is 7.18. The first-order valence-corrected chi connectivity index (χ1v) is 13.9. The number of hydrogen-bond acceptors (Lipinski definition) is 7. The molecule has 9 nitrogen and oxygen atoms in total. The summed E-state index contributed by atoms with van der Waals surface area (Å²) < 4.78 is 7.30. The first-order chi connectivity index (χ1) is 17.7. The molecule has 0 unspecified atom stereocenters. The zero-order chi connectivity index (χ0) is 26.7. The fourth-order valence-electron chi connectivity index (χ4n) is 4.41. The van der Waals surface area contributed by atoms with Gasteiger partial charge in [0.2, 0.25) is 0 Å². The van der Waals surface area contributed by atoms with Crippen molar-refractivity contribution in [1.29, 1.82) is 0 Å². The summed E-state index contributed by atoms with van der Waals surface area (Å²) in [5.74, 6) is -0.796. The second kappa shape index (κ2) is 11.5. The highest BCUT2D eigenvalue weighted by atomic mass is 32.1. The molecule has 0 aliphatic carbocycles. The molecule has 0 radical (unpaired) electrons. The van der Waals surface area contributed by atoms with Gasteiger partial charge in [-0.2, -0.15) is 0 Å². The number of nitrogens with one attached hydrogen (secondary N) is 2. The average Bonchev–Trinajstić information content (AvgIpc) is 3.59. The Labute approximate surface area is 225 Å². The van der Waals surface area contributed by atoms with Crippen molar-refractivity contribution in [3.8, 4) is 5.00 Å². The van der Waals surface area contributed by atoms with Crippen LogP contribution in [0.15, 0.2) is 24.5 Å². The monoisotopic (exact) mass is 543 g/mol. The molecule has 2 N–H and O–H groups in total. The number of nitrogens with zero attached hydrogens (tertiary/aromatic N) is 3. The Balaban J connectivity index is 1.57. The van der Waals surface area contributed by atoms with Gasteiger partial charge >= 0.3 is 12.0 Å². The third-order valence-corrected chi connectivity index (χ3v) is 8.86. The lowest BCUT2D eigenvalue weighted by Gasteiger charge is -2.25. The van der Waals surface area contributed by atoms with Crippen molar-refractivity contribution in [3.63, 3.8) is 0 Å². The van der Waals surface area contributed by atoms with E-state index in [0.717, 1.165) is 48.0 Å². The van der Waals surface area contributed by atoms with Crippen LogP contribution in [0, 0.1) is 6.92 Å². The number of anilines is 1. The van der Waals surface area contributed by atoms with Crippen molar-refractivity contribution in [1.82, 2.24) is 19.7 Å². The number of amides is 3. The number of rotatable bonds is 8. The molecule has 1 aliphatic heterocycles. The molecule has 0 saturated heterocycles. The maximum absolute atomic E-state index is 13.1. The Kier molecular flexibility index (Phi) is 8.35. The maximum Gasteiger partial charge on any atom is 0.341 e. The molecule has 0 bridgehead atoms. The molecule has 4 rings (SSSR count). The highest BCUT2D eigenvalue weighted by Gasteiger charge is 2.28. The minimum atomic E-state index is -0.563. The second-order valence-corrected chi connectivity index (χ2v) is 11.1. The van der Waals surface area contributed by atoms with E-state index in [4.69, 9.17) is 4.74 Å². The Morgan fingerprint density at radius 1 is 1.14 bits per heavy atom. The van der Waals surface area contributed by atoms with Crippen LogP contribution < -0.4 is 10.6 Å². The number of aromatic nitrogens is 1. The van der Waals surface area contributed by atoms with Gasteiger partial charge in [0.25, 0.3) is 5.91 Å². The highest BCUT2D eigenvalue weighted by Crippen LogP contribution is 2.37. The maximum atomic E-state index is 13.1. The molecule has 0 fully saturated rings. The van der Waals surface area contributed by atoms with E-state index in [1.165, 1.54) is 15.3 Å². The lowest BCUT2D eigenvalue weighted by molar-refractivity contribution is 0.0527. The smallest absolute Gasteiger partial charge is 0.341 e. The summed E-state index contributed by atoms with van der Waals surface area (Å²) in [6.45, 7) is 9.04. The molecule has 3 aromatic rings. The lowest BCUT2D eigenvalue weighted by atomic mass is 10.0. The van der Waals surface area contributed by atoms with E-state index in [1.54, 1.807) is 39.3 Å². The summed E-state index contributed by atoms with van der Waals surface area (Å²) in [4.78, 5) is 44.0. The molecule has 198 valence electrons. The molecule has 0 saturated carbocycles. The van der Waals surface area contributed by atoms with Crippen molar-refractivity contribution in [2.45, 2.75) is 40.3 Å². The summed E-state index contributed by atoms with van der Waals surface area (Å²) >= 11 is 2.85. The van der Waals surface area contributed by atoms with Crippen LogP contribution in [0.25, 0.3) is 5.00 Å². The molecule has 37 heavy (non-hydrogen) atoms. The van der Waals surface area contributed by atoms with Crippen LogP contribution in [0.3, 0.4) is 0 Å². The van der Waals surface area contributed by atoms with Crippen LogP contribution in [-0.4, -0.2) is 66.1 Å². The number of carbonyl (C=O) groups is 3. The van der Waals surface area contributed by atoms with E-state index in [-0.39, 0.29) is 18.1 Å². The van der Waals surface area contributed by atoms with Crippen molar-refractivity contribution in [2.24, 2.45) is 0 Å². The standard InChI is InChI=1S/C26H33N5O4S2/c1-6-30-13-10-17-18(24(36-19(17)15-30)31-11-8-9-12-31)14-27-26(34)28-22-20(25(33)35-7-2)16(3)21(37-22)23(32)29(4)5/h8-9,11-12H,6-7,10,13-15H2,1-5H3,(H2,27,28,34). The minimum absolute atomic E-state index is 0.192. The molecule has 0 atom stereocenters. The van der Waals surface area contributed by atoms with Crippen molar-refractivity contribution in [3.05, 3.63) is 56.5 Å². The zero-order valence-corrected chi connectivity index (χ0v) is 23.5. The van der Waals surface area contributed by atoms with Gasteiger partial charge in [-0.25, -0.2) is 9.59 Å². The first kappa shape index (κ1) is 26.9. The van der Waals surface area contributed by atoms with E-state index in [0.29, 0.717) is 22.0 Å². The molecule has 4 heterocycles. The molecule has 0 spiro atoms. The van der Waals surface area contributed by atoms with Gasteiger partial charge in [0.1, 0.15) is 10.0 Å². The SMILES string of the molecule is CCOC(=O)c1c(NC(=O)NCc2c(-n3cccc3)sc3c2CCN(CC)C3)sc(C(=O)N(C)C)c1C. The number of hydrogen-bond donors (Lipinski definition) is 2. The van der Waals surface area contributed by atoms with Gasteiger partial charge in [-0.1, -0.05) is 6.92 Å². The number of ether oxygens (including phenoxy) is 1. The zero-order valence-electron chi connectivity index (χ0n) is 21.8. The summed E-state index contributed by atoms with van der Waals surface area (Å²) in [6, 6.07) is 3.54. The number of urea groups is 1. The van der Waals surface area contributed by atoms with E-state index in [2.05, 4.69) is 27.0 Å². The largest absolute Gasteiger partial charge is 0.462 e. The van der Waals surface area contributed by atoms with Crippen LogP contribution in [0.5, 0.6) is 0 Å². The van der Waals surface area contributed by atoms with E-state index >= 15 is 0 Å². The molecule has 0 aromatic carbocycles. The molecule has 1 aliphatic rings. The predicted octanol–water partition coefficient (Wildman–Crippen LogP) is 4.49. The third kappa shape index (κ3) is 5.58. The van der Waals surface area contributed by atoms with Crippen LogP contribution in [0.2, 0.25) is 0 Å². The quantitative estimate of drug-likeness (QED) is 0.408. The van der Waals surface area contributed by atoms with E-state index in [1.807, 2.05) is 24.5 Å². The first-order valence-electron chi connectivity index (χ1n) is 12.3. The number of carbonyl (C=O) groups excluding carboxylic acids is 3. The number of likely N-dealkylation sites (N-methyl/N-ethyl adjacent to an activating group) is 1. The summed E-state index contributed by atoms with van der Waals surface area (Å²) in [6.07, 6.45) is 4.97. The van der Waals surface area contributed by atoms with Gasteiger partial charge in [0.05, 0.1) is 17.0 Å². The van der Waals surface area contributed by atoms with Crippen LogP contribution in [0.4, 0.5) is 9.80 Å². The predicted molar refractivity (Wildman–Crippen MR) is 147 cm³/mol. The van der Waals surface area contributed by atoms with Crippen molar-refractivity contribution >= 4 is 45.6 Å². The third-order valence-electron chi connectivity index (χ3n) is 6.39. The van der Waals surface area contributed by atoms with Crippen molar-refractivity contribution in [2.75, 3.05) is 39.1 Å². The Morgan fingerprint density at radius 3 is 2.51 bits per heavy atom. The fraction of sp³-hybridized carbons (Fsp3) is 0.423. The number of fused-ring (bicyclic) bond motifs is 1. The molecule has 3 amide bonds. The summed E-state index contributed by atoms with van der Waals surface area (Å²) in [5.41, 5.74) is 3.13. The molecular formula is C26H33N5O4S2. The minimum Gasteiger partial charge on any atom is -0.462 e. The van der Waals surface area contributed by atoms with Gasteiger partial charge in [0, 0.05) is 56.6 Å². The van der Waals surface area contributed by atoms with Crippen LogP contribution in [0.1, 0.15) is 55.4 Å². The number of thiophene rings is 2. The average molecular weight is 544 g/mol. The Hall–Kier alpha value is -3.15. The van der Waals surface area contributed by atoms with Gasteiger partial charge in [0.15, 0.2) is 0 Å². The second-order valence-electron chi connectivity index (χ2n) is 8.98. The molecule has 3 aromatic heterocycles. The summed E-state index contributed by atoms with van der Waals surface area (Å²) in [7, 11) is 3.30. The fourth-order valence-corrected chi connectivity index (χ4v) is 7.00. The van der Waals surface area contributed by atoms with E-state index in [9.17, 15) is 14.4 Å². The van der Waals surface area contributed by atoms with Gasteiger partial charge < -0.3 is 19.5 Å². The van der Waals surface area contributed by atoms with Gasteiger partial charge in [-0.15, -0.1) is 22.7 Å². The lowest BCUT2D eigenvalue weighted by Crippen LogP contribution is -2.31. The van der Waals surface area contributed by atoms with E-state index < -0.39 is 12.0 Å². The Morgan fingerprint density at radius 2 is 1.86 bits per heavy atom. The molecular weight excluding hydrogens is 510 g/mol. The summed E-state index contributed by atoms with van der Waals surface area (Å²) in [5, 5.41) is 7.19. The van der Waals surface area contributed by atoms with Crippen LogP contribution in [-0.2, 0) is 24.2 Å². The topological polar surface area (TPSA) is 95.9 Å². The van der Waals surface area contributed by atoms with Gasteiger partial charge in [-0.3, -0.25) is 15.0 Å². The van der Waals surface area contributed by atoms with Crippen molar-refractivity contribution < 1.29 is 19.1 Å². The Bertz CT molecular complexity index is 1290.